The molecule has 0 saturated carbocycles. The number of aromatic amines is 1. The lowest BCUT2D eigenvalue weighted by atomic mass is 10.1. The number of carboxylic acid groups (broad SMARTS) is 1. The van der Waals surface area contributed by atoms with Crippen LogP contribution < -0.4 is 14.2 Å². The molecule has 24 heavy (non-hydrogen) atoms. The number of carboxylic acids is 1. The molecule has 10 heteroatoms. The number of rotatable bonds is 8. The van der Waals surface area contributed by atoms with Gasteiger partial charge in [-0.1, -0.05) is 6.07 Å². The number of hydrogen-bond donors (Lipinski definition) is 3. The van der Waals surface area contributed by atoms with Crippen molar-refractivity contribution in [3.8, 4) is 11.5 Å². The molecule has 0 spiro atoms. The number of nitrogens with one attached hydrogen (secondary N) is 2. The summed E-state index contributed by atoms with van der Waals surface area (Å²) in [6.07, 6.45) is 1.33. The monoisotopic (exact) mass is 355 g/mol. The van der Waals surface area contributed by atoms with Crippen LogP contribution in [-0.2, 0) is 16.4 Å². The van der Waals surface area contributed by atoms with Crippen molar-refractivity contribution < 1.29 is 27.8 Å². The van der Waals surface area contributed by atoms with E-state index >= 15 is 0 Å². The average molecular weight is 355 g/mol. The van der Waals surface area contributed by atoms with Crippen molar-refractivity contribution in [2.24, 2.45) is 0 Å². The summed E-state index contributed by atoms with van der Waals surface area (Å²) in [7, 11) is -0.962. The van der Waals surface area contributed by atoms with E-state index in [2.05, 4.69) is 14.9 Å². The van der Waals surface area contributed by atoms with Crippen molar-refractivity contribution in [2.75, 3.05) is 20.8 Å². The first-order chi connectivity index (χ1) is 11.4. The van der Waals surface area contributed by atoms with Gasteiger partial charge in [0.05, 0.1) is 20.4 Å². The Labute approximate surface area is 138 Å². The van der Waals surface area contributed by atoms with Crippen LogP contribution in [0.2, 0.25) is 0 Å². The summed E-state index contributed by atoms with van der Waals surface area (Å²) in [4.78, 5) is 11.0. The van der Waals surface area contributed by atoms with Gasteiger partial charge in [-0.25, -0.2) is 17.9 Å². The van der Waals surface area contributed by atoms with E-state index < -0.39 is 26.6 Å². The van der Waals surface area contributed by atoms with Crippen LogP contribution in [0.5, 0.6) is 11.5 Å². The molecule has 130 valence electrons. The van der Waals surface area contributed by atoms with E-state index in [0.29, 0.717) is 17.9 Å². The summed E-state index contributed by atoms with van der Waals surface area (Å²) in [6.45, 7) is 0.0793. The van der Waals surface area contributed by atoms with Gasteiger partial charge >= 0.3 is 5.97 Å². The molecule has 0 aliphatic heterocycles. The first kappa shape index (κ1) is 17.8. The van der Waals surface area contributed by atoms with Gasteiger partial charge in [-0.15, -0.1) is 0 Å². The van der Waals surface area contributed by atoms with Crippen molar-refractivity contribution >= 4 is 16.0 Å². The normalized spacial score (nSPS) is 11.2. The zero-order valence-electron chi connectivity index (χ0n) is 13.1. The zero-order valence-corrected chi connectivity index (χ0v) is 13.9. The first-order valence-corrected chi connectivity index (χ1v) is 8.34. The molecule has 0 radical (unpaired) electrons. The fourth-order valence-corrected chi connectivity index (χ4v) is 3.19. The molecular formula is C14H17N3O6S. The highest BCUT2D eigenvalue weighted by atomic mass is 32.2. The molecule has 0 aliphatic carbocycles. The highest BCUT2D eigenvalue weighted by Crippen LogP contribution is 2.27. The van der Waals surface area contributed by atoms with Gasteiger partial charge < -0.3 is 14.6 Å². The Bertz CT molecular complexity index is 831. The molecule has 0 fully saturated rings. The molecule has 0 unspecified atom stereocenters. The third kappa shape index (κ3) is 3.84. The third-order valence-electron chi connectivity index (χ3n) is 3.26. The fourth-order valence-electron chi connectivity index (χ4n) is 2.07. The molecule has 3 N–H and O–H groups in total. The third-order valence-corrected chi connectivity index (χ3v) is 4.69. The molecule has 0 saturated heterocycles. The Morgan fingerprint density at radius 3 is 2.62 bits per heavy atom. The lowest BCUT2D eigenvalue weighted by Gasteiger charge is -2.10. The second kappa shape index (κ2) is 7.32. The number of sulfonamides is 1. The summed E-state index contributed by atoms with van der Waals surface area (Å²) in [5.74, 6) is -0.256. The number of nitrogens with zero attached hydrogens (tertiary/aromatic N) is 1. The lowest BCUT2D eigenvalue weighted by Crippen LogP contribution is -2.27. The minimum Gasteiger partial charge on any atom is -0.493 e. The Hall–Kier alpha value is -2.59. The molecule has 2 aromatic rings. The van der Waals surface area contributed by atoms with Gasteiger partial charge in [0.25, 0.3) is 10.0 Å². The molecule has 2 rings (SSSR count). The second-order valence-corrected chi connectivity index (χ2v) is 6.46. The van der Waals surface area contributed by atoms with Crippen LogP contribution in [0.25, 0.3) is 0 Å². The molecular weight excluding hydrogens is 338 g/mol. The maximum Gasteiger partial charge on any atom is 0.340 e. The van der Waals surface area contributed by atoms with Gasteiger partial charge in [0.2, 0.25) is 0 Å². The quantitative estimate of drug-likeness (QED) is 0.633. The highest BCUT2D eigenvalue weighted by Gasteiger charge is 2.24. The number of carbonyl (C=O) groups is 1. The van der Waals surface area contributed by atoms with E-state index in [1.54, 1.807) is 18.2 Å². The smallest absolute Gasteiger partial charge is 0.340 e. The van der Waals surface area contributed by atoms with Gasteiger partial charge in [-0.2, -0.15) is 5.10 Å². The molecule has 9 nitrogen and oxygen atoms in total. The first-order valence-electron chi connectivity index (χ1n) is 6.86. The summed E-state index contributed by atoms with van der Waals surface area (Å²) in [6, 6.07) is 5.25. The van der Waals surface area contributed by atoms with E-state index in [0.717, 1.165) is 11.8 Å². The van der Waals surface area contributed by atoms with Crippen LogP contribution >= 0.6 is 0 Å². The Kier molecular flexibility index (Phi) is 5.42. The van der Waals surface area contributed by atoms with Crippen LogP contribution in [0.15, 0.2) is 29.4 Å². The average Bonchev–Trinajstić information content (AvgIpc) is 3.05. The van der Waals surface area contributed by atoms with E-state index in [1.165, 1.54) is 14.2 Å². The van der Waals surface area contributed by atoms with Gasteiger partial charge in [0, 0.05) is 6.54 Å². The van der Waals surface area contributed by atoms with Crippen LogP contribution in [0, 0.1) is 0 Å². The van der Waals surface area contributed by atoms with Gasteiger partial charge in [0.15, 0.2) is 16.5 Å². The van der Waals surface area contributed by atoms with Gasteiger partial charge in [0.1, 0.15) is 5.56 Å². The van der Waals surface area contributed by atoms with E-state index in [9.17, 15) is 13.2 Å². The SMILES string of the molecule is COc1ccc(CCNS(=O)(=O)c2[nH]ncc2C(=O)O)cc1OC. The lowest BCUT2D eigenvalue weighted by molar-refractivity contribution is 0.0692. The Morgan fingerprint density at radius 2 is 2.00 bits per heavy atom. The number of methoxy groups -OCH3 is 2. The van der Waals surface area contributed by atoms with Crippen LogP contribution in [0.1, 0.15) is 15.9 Å². The Balaban J connectivity index is 2.06. The number of aromatic nitrogens is 2. The van der Waals surface area contributed by atoms with E-state index in [1.807, 2.05) is 0 Å². The molecule has 0 aliphatic rings. The number of aromatic carboxylic acids is 1. The molecule has 0 bridgehead atoms. The summed E-state index contributed by atoms with van der Waals surface area (Å²) in [5.41, 5.74) is 0.423. The van der Waals surface area contributed by atoms with E-state index in [4.69, 9.17) is 14.6 Å². The van der Waals surface area contributed by atoms with Crippen molar-refractivity contribution in [2.45, 2.75) is 11.4 Å². The van der Waals surface area contributed by atoms with Crippen molar-refractivity contribution in [1.29, 1.82) is 0 Å². The Morgan fingerprint density at radius 1 is 1.29 bits per heavy atom. The molecule has 1 heterocycles. The van der Waals surface area contributed by atoms with Crippen molar-refractivity contribution in [3.05, 3.63) is 35.5 Å². The highest BCUT2D eigenvalue weighted by molar-refractivity contribution is 7.89. The summed E-state index contributed by atoms with van der Waals surface area (Å²) < 4.78 is 36.9. The molecule has 1 aromatic carbocycles. The fraction of sp³-hybridized carbons (Fsp3) is 0.286. The zero-order chi connectivity index (χ0) is 17.7. The number of ether oxygens (including phenoxy) is 2. The van der Waals surface area contributed by atoms with E-state index in [-0.39, 0.29) is 6.54 Å². The van der Waals surface area contributed by atoms with Crippen molar-refractivity contribution in [1.82, 2.24) is 14.9 Å². The van der Waals surface area contributed by atoms with Crippen molar-refractivity contribution in [3.63, 3.8) is 0 Å². The minimum absolute atomic E-state index is 0.0793. The maximum absolute atomic E-state index is 12.1. The predicted molar refractivity (Wildman–Crippen MR) is 84.0 cm³/mol. The minimum atomic E-state index is -4.00. The number of benzene rings is 1. The summed E-state index contributed by atoms with van der Waals surface area (Å²) >= 11 is 0. The largest absolute Gasteiger partial charge is 0.493 e. The molecule has 0 atom stereocenters. The second-order valence-electron chi connectivity index (χ2n) is 4.76. The summed E-state index contributed by atoms with van der Waals surface area (Å²) in [5, 5.41) is 14.1. The standard InChI is InChI=1S/C14H17N3O6S/c1-22-11-4-3-9(7-12(11)23-2)5-6-16-24(20,21)13-10(14(18)19)8-15-17-13/h3-4,7-8,16H,5-6H2,1-2H3,(H,15,17)(H,18,19). The predicted octanol–water partition coefficient (Wildman–Crippen LogP) is 0.646. The van der Waals surface area contributed by atoms with Crippen LogP contribution in [-0.4, -0.2) is 50.5 Å². The maximum atomic E-state index is 12.1. The topological polar surface area (TPSA) is 131 Å². The van der Waals surface area contributed by atoms with Crippen LogP contribution in [0.3, 0.4) is 0 Å². The molecule has 0 amide bonds. The van der Waals surface area contributed by atoms with Gasteiger partial charge in [-0.3, -0.25) is 5.10 Å². The number of hydrogen-bond acceptors (Lipinski definition) is 6. The number of H-pyrrole nitrogens is 1. The van der Waals surface area contributed by atoms with Crippen LogP contribution in [0.4, 0.5) is 0 Å². The van der Waals surface area contributed by atoms with Gasteiger partial charge in [-0.05, 0) is 24.1 Å². The molecule has 1 aromatic heterocycles.